The standard InChI is InChI=1S/C18H36O2.C16H32O2.C14H28O2.C3H8O3/c1-2-3-4-5-6-7-8-9-10-11-12-13-14-15-16-17-18(19)20;1-2-3-4-5-6-7-8-9-10-11-12-13-14-15-16(17)18;1-2-3-4-5-6-7-8-9-10-11-12-13-14(15)16;4-1-3(6)2-5/h2-17H2,1H3,(H,19,20);2-15H2,1H3,(H,17,18);2-13H2,1H3,(H,15,16);3-6H,1-2H2. The summed E-state index contributed by atoms with van der Waals surface area (Å²) in [5.41, 5.74) is 0. The van der Waals surface area contributed by atoms with Crippen molar-refractivity contribution in [2.24, 2.45) is 0 Å². The summed E-state index contributed by atoms with van der Waals surface area (Å²) in [6.07, 6.45) is 50.9. The molecule has 0 aromatic rings. The zero-order valence-corrected chi connectivity index (χ0v) is 40.1. The molecule has 0 aromatic carbocycles. The lowest BCUT2D eigenvalue weighted by Gasteiger charge is -2.03. The summed E-state index contributed by atoms with van der Waals surface area (Å²) in [5, 5.41) is 49.5. The molecule has 0 aliphatic carbocycles. The van der Waals surface area contributed by atoms with Crippen molar-refractivity contribution in [3.8, 4) is 0 Å². The number of hydrogen-bond donors (Lipinski definition) is 6. The highest BCUT2D eigenvalue weighted by molar-refractivity contribution is 5.67. The average molecular weight is 861 g/mol. The van der Waals surface area contributed by atoms with Crippen LogP contribution in [0.5, 0.6) is 0 Å². The van der Waals surface area contributed by atoms with E-state index in [2.05, 4.69) is 20.8 Å². The van der Waals surface area contributed by atoms with Gasteiger partial charge in [-0.2, -0.15) is 0 Å². The molecule has 0 amide bonds. The monoisotopic (exact) mass is 861 g/mol. The van der Waals surface area contributed by atoms with E-state index < -0.39 is 24.0 Å². The fourth-order valence-corrected chi connectivity index (χ4v) is 6.94. The number of carboxylic acid groups (broad SMARTS) is 3. The number of aliphatic hydroxyl groups excluding tert-OH is 3. The smallest absolute Gasteiger partial charge is 0.303 e. The predicted octanol–water partition coefficient (Wildman–Crippen LogP) is 15.0. The summed E-state index contributed by atoms with van der Waals surface area (Å²) in [4.78, 5) is 30.9. The highest BCUT2D eigenvalue weighted by atomic mass is 16.4. The summed E-state index contributed by atoms with van der Waals surface area (Å²) in [6.45, 7) is 6.05. The van der Waals surface area contributed by atoms with E-state index in [1.807, 2.05) is 0 Å². The first kappa shape index (κ1) is 64.9. The van der Waals surface area contributed by atoms with Gasteiger partial charge >= 0.3 is 17.9 Å². The van der Waals surface area contributed by atoms with Crippen LogP contribution in [0.4, 0.5) is 0 Å². The second kappa shape index (κ2) is 61.6. The van der Waals surface area contributed by atoms with Crippen molar-refractivity contribution < 1.29 is 45.0 Å². The third-order valence-corrected chi connectivity index (χ3v) is 10.9. The Morgan fingerprint density at radius 1 is 0.283 bits per heavy atom. The first-order valence-electron chi connectivity index (χ1n) is 25.7. The molecule has 0 aliphatic rings. The Morgan fingerprint density at radius 3 is 0.517 bits per heavy atom. The largest absolute Gasteiger partial charge is 0.481 e. The predicted molar refractivity (Wildman–Crippen MR) is 254 cm³/mol. The van der Waals surface area contributed by atoms with Crippen LogP contribution in [0.1, 0.15) is 290 Å². The number of carbonyl (C=O) groups is 3. The quantitative estimate of drug-likeness (QED) is 0.0326. The minimum atomic E-state index is -0.954. The fourth-order valence-electron chi connectivity index (χ4n) is 6.94. The molecule has 6 N–H and O–H groups in total. The summed E-state index contributed by atoms with van der Waals surface area (Å²) in [7, 11) is 0. The maximum absolute atomic E-state index is 10.3. The van der Waals surface area contributed by atoms with Gasteiger partial charge in [0.2, 0.25) is 0 Å². The van der Waals surface area contributed by atoms with E-state index in [9.17, 15) is 14.4 Å². The Hall–Kier alpha value is -1.71. The third-order valence-electron chi connectivity index (χ3n) is 10.9. The van der Waals surface area contributed by atoms with Crippen LogP contribution in [0, 0.1) is 0 Å². The number of aliphatic hydroxyl groups is 3. The average Bonchev–Trinajstić information content (AvgIpc) is 3.23. The van der Waals surface area contributed by atoms with Gasteiger partial charge in [-0.25, -0.2) is 0 Å². The van der Waals surface area contributed by atoms with Crippen LogP contribution in [0.25, 0.3) is 0 Å². The van der Waals surface area contributed by atoms with Gasteiger partial charge in [-0.05, 0) is 19.3 Å². The highest BCUT2D eigenvalue weighted by Crippen LogP contribution is 2.15. The van der Waals surface area contributed by atoms with Crippen molar-refractivity contribution >= 4 is 17.9 Å². The van der Waals surface area contributed by atoms with E-state index in [-0.39, 0.29) is 13.2 Å². The Morgan fingerprint density at radius 2 is 0.417 bits per heavy atom. The normalized spacial score (nSPS) is 10.7. The number of hydrogen-bond acceptors (Lipinski definition) is 6. The summed E-state index contributed by atoms with van der Waals surface area (Å²) in [6, 6.07) is 0. The van der Waals surface area contributed by atoms with E-state index in [4.69, 9.17) is 30.6 Å². The lowest BCUT2D eigenvalue weighted by molar-refractivity contribution is -0.138. The molecule has 0 saturated heterocycles. The Kier molecular flexibility index (Phi) is 66.6. The van der Waals surface area contributed by atoms with Gasteiger partial charge in [0, 0.05) is 19.3 Å². The summed E-state index contributed by atoms with van der Waals surface area (Å²) >= 11 is 0. The molecular weight excluding hydrogens is 757 g/mol. The number of carboxylic acids is 3. The van der Waals surface area contributed by atoms with Crippen LogP contribution in [-0.4, -0.2) is 67.9 Å². The lowest BCUT2D eigenvalue weighted by atomic mass is 10.0. The van der Waals surface area contributed by atoms with E-state index in [1.165, 1.54) is 212 Å². The molecule has 362 valence electrons. The fraction of sp³-hybridized carbons (Fsp3) is 0.941. The van der Waals surface area contributed by atoms with Gasteiger partial charge in [0.1, 0.15) is 6.10 Å². The number of rotatable bonds is 44. The molecule has 0 aliphatic heterocycles. The second-order valence-electron chi connectivity index (χ2n) is 17.2. The molecule has 0 aromatic heterocycles. The highest BCUT2D eigenvalue weighted by Gasteiger charge is 2.00. The van der Waals surface area contributed by atoms with Crippen molar-refractivity contribution in [2.75, 3.05) is 13.2 Å². The molecule has 0 fully saturated rings. The van der Waals surface area contributed by atoms with Crippen molar-refractivity contribution in [3.05, 3.63) is 0 Å². The number of aliphatic carboxylic acids is 3. The molecule has 0 rings (SSSR count). The Bertz CT molecular complexity index is 803. The molecular formula is C51H104O9. The van der Waals surface area contributed by atoms with Crippen molar-refractivity contribution in [1.82, 2.24) is 0 Å². The Balaban J connectivity index is -0.000000368. The lowest BCUT2D eigenvalue weighted by Crippen LogP contribution is -2.15. The number of unbranched alkanes of at least 4 members (excludes halogenated alkanes) is 36. The van der Waals surface area contributed by atoms with Crippen LogP contribution in [0.2, 0.25) is 0 Å². The van der Waals surface area contributed by atoms with Crippen LogP contribution in [-0.2, 0) is 14.4 Å². The van der Waals surface area contributed by atoms with Crippen molar-refractivity contribution in [3.63, 3.8) is 0 Å². The van der Waals surface area contributed by atoms with Crippen LogP contribution < -0.4 is 0 Å². The molecule has 0 spiro atoms. The third kappa shape index (κ3) is 76.9. The minimum Gasteiger partial charge on any atom is -0.481 e. The minimum absolute atomic E-state index is 0.344. The molecule has 0 unspecified atom stereocenters. The maximum Gasteiger partial charge on any atom is 0.303 e. The first-order valence-corrected chi connectivity index (χ1v) is 25.7. The molecule has 0 atom stereocenters. The summed E-state index contributed by atoms with van der Waals surface area (Å²) < 4.78 is 0. The van der Waals surface area contributed by atoms with E-state index in [0.29, 0.717) is 19.3 Å². The van der Waals surface area contributed by atoms with E-state index in [0.717, 1.165) is 38.5 Å². The molecule has 0 radical (unpaired) electrons. The molecule has 9 heteroatoms. The van der Waals surface area contributed by atoms with Gasteiger partial charge in [0.15, 0.2) is 0 Å². The van der Waals surface area contributed by atoms with Crippen LogP contribution >= 0.6 is 0 Å². The maximum atomic E-state index is 10.3. The van der Waals surface area contributed by atoms with Crippen LogP contribution in [0.3, 0.4) is 0 Å². The summed E-state index contributed by atoms with van der Waals surface area (Å²) in [5.74, 6) is -1.96. The Labute approximate surface area is 371 Å². The van der Waals surface area contributed by atoms with Gasteiger partial charge < -0.3 is 30.6 Å². The molecule has 0 bridgehead atoms. The zero-order chi connectivity index (χ0) is 45.4. The van der Waals surface area contributed by atoms with Crippen molar-refractivity contribution in [1.29, 1.82) is 0 Å². The van der Waals surface area contributed by atoms with Crippen molar-refractivity contribution in [2.45, 2.75) is 297 Å². The van der Waals surface area contributed by atoms with E-state index in [1.54, 1.807) is 0 Å². The van der Waals surface area contributed by atoms with Gasteiger partial charge in [-0.3, -0.25) is 14.4 Å². The SMILES string of the molecule is CCCCCCCCCCCCCC(=O)O.CCCCCCCCCCCCCCCC(=O)O.CCCCCCCCCCCCCCCCCC(=O)O.OCC(O)CO. The van der Waals surface area contributed by atoms with Gasteiger partial charge in [0.05, 0.1) is 13.2 Å². The molecule has 9 nitrogen and oxygen atoms in total. The second-order valence-corrected chi connectivity index (χ2v) is 17.2. The van der Waals surface area contributed by atoms with Crippen LogP contribution in [0.15, 0.2) is 0 Å². The van der Waals surface area contributed by atoms with Gasteiger partial charge in [-0.15, -0.1) is 0 Å². The zero-order valence-electron chi connectivity index (χ0n) is 40.1. The topological polar surface area (TPSA) is 173 Å². The van der Waals surface area contributed by atoms with Gasteiger partial charge in [0.25, 0.3) is 0 Å². The first-order chi connectivity index (χ1) is 29.1. The van der Waals surface area contributed by atoms with E-state index >= 15 is 0 Å². The molecule has 60 heavy (non-hydrogen) atoms. The van der Waals surface area contributed by atoms with Gasteiger partial charge in [-0.1, -0.05) is 252 Å². The molecule has 0 saturated carbocycles. The molecule has 0 heterocycles.